The van der Waals surface area contributed by atoms with Crippen molar-refractivity contribution in [1.29, 1.82) is 0 Å². The number of aromatic nitrogens is 2. The van der Waals surface area contributed by atoms with Crippen LogP contribution in [0.2, 0.25) is 0 Å². The molecule has 2 N–H and O–H groups in total. The summed E-state index contributed by atoms with van der Waals surface area (Å²) in [5, 5.41) is 25.7. The highest BCUT2D eigenvalue weighted by Crippen LogP contribution is 2.09. The van der Waals surface area contributed by atoms with Crippen molar-refractivity contribution in [3.05, 3.63) is 22.5 Å². The van der Waals surface area contributed by atoms with Crippen LogP contribution in [0, 0.1) is 10.1 Å². The van der Waals surface area contributed by atoms with Gasteiger partial charge in [-0.15, -0.1) is 0 Å². The van der Waals surface area contributed by atoms with Gasteiger partial charge in [-0.25, -0.2) is 0 Å². The molecule has 1 aromatic heterocycles. The summed E-state index contributed by atoms with van der Waals surface area (Å²) in [4.78, 5) is 21.5. The van der Waals surface area contributed by atoms with Gasteiger partial charge in [-0.05, 0) is 20.3 Å². The first kappa shape index (κ1) is 14.1. The predicted octanol–water partition coefficient (Wildman–Crippen LogP) is 0.0685. The lowest BCUT2D eigenvalue weighted by molar-refractivity contribution is -0.385. The molecule has 8 nitrogen and oxygen atoms in total. The zero-order valence-electron chi connectivity index (χ0n) is 10.3. The summed E-state index contributed by atoms with van der Waals surface area (Å²) in [5.41, 5.74) is -0.678. The summed E-state index contributed by atoms with van der Waals surface area (Å²) >= 11 is 0. The summed E-state index contributed by atoms with van der Waals surface area (Å²) < 4.78 is 1.20. The minimum Gasteiger partial charge on any atom is -0.396 e. The molecular weight excluding hydrogens is 240 g/mol. The van der Waals surface area contributed by atoms with E-state index in [2.05, 4.69) is 10.4 Å². The van der Waals surface area contributed by atoms with Crippen LogP contribution >= 0.6 is 0 Å². The van der Waals surface area contributed by atoms with Crippen molar-refractivity contribution in [2.24, 2.45) is 0 Å². The fourth-order valence-corrected chi connectivity index (χ4v) is 1.44. The van der Waals surface area contributed by atoms with E-state index in [9.17, 15) is 14.9 Å². The van der Waals surface area contributed by atoms with Crippen molar-refractivity contribution < 1.29 is 14.8 Å². The Bertz CT molecular complexity index is 441. The molecule has 18 heavy (non-hydrogen) atoms. The summed E-state index contributed by atoms with van der Waals surface area (Å²) in [6.07, 6.45) is 2.71. The number of hydrogen-bond donors (Lipinski definition) is 2. The molecule has 8 heteroatoms. The predicted molar refractivity (Wildman–Crippen MR) is 62.8 cm³/mol. The van der Waals surface area contributed by atoms with Crippen LogP contribution in [-0.2, 0) is 11.3 Å². The van der Waals surface area contributed by atoms with Crippen molar-refractivity contribution in [2.75, 3.05) is 6.61 Å². The molecule has 0 unspecified atom stereocenters. The van der Waals surface area contributed by atoms with Crippen molar-refractivity contribution in [1.82, 2.24) is 15.1 Å². The number of aliphatic hydroxyl groups excluding tert-OH is 1. The van der Waals surface area contributed by atoms with Crippen LogP contribution in [0.1, 0.15) is 20.3 Å². The second-order valence-corrected chi connectivity index (χ2v) is 4.56. The van der Waals surface area contributed by atoms with Gasteiger partial charge < -0.3 is 10.4 Å². The van der Waals surface area contributed by atoms with Crippen molar-refractivity contribution in [3.63, 3.8) is 0 Å². The van der Waals surface area contributed by atoms with Crippen LogP contribution in [0.5, 0.6) is 0 Å². The number of hydrogen-bond acceptors (Lipinski definition) is 5. The molecule has 0 aliphatic rings. The van der Waals surface area contributed by atoms with E-state index in [0.717, 1.165) is 6.20 Å². The van der Waals surface area contributed by atoms with Gasteiger partial charge in [0, 0.05) is 12.1 Å². The van der Waals surface area contributed by atoms with E-state index in [1.54, 1.807) is 13.8 Å². The molecular formula is C10H16N4O4. The lowest BCUT2D eigenvalue weighted by Gasteiger charge is -2.25. The number of nitrogens with one attached hydrogen (secondary N) is 1. The fraction of sp³-hybridized carbons (Fsp3) is 0.600. The maximum Gasteiger partial charge on any atom is 0.307 e. The van der Waals surface area contributed by atoms with E-state index < -0.39 is 10.5 Å². The molecule has 0 radical (unpaired) electrons. The van der Waals surface area contributed by atoms with Crippen LogP contribution in [0.4, 0.5) is 5.69 Å². The van der Waals surface area contributed by atoms with Crippen molar-refractivity contribution in [2.45, 2.75) is 32.4 Å². The summed E-state index contributed by atoms with van der Waals surface area (Å²) in [6.45, 7) is 3.45. The minimum absolute atomic E-state index is 0.0273. The van der Waals surface area contributed by atoms with Gasteiger partial charge in [0.25, 0.3) is 0 Å². The van der Waals surface area contributed by atoms with Crippen molar-refractivity contribution in [3.8, 4) is 0 Å². The molecule has 0 saturated heterocycles. The maximum absolute atomic E-state index is 11.7. The third kappa shape index (κ3) is 4.13. The first-order chi connectivity index (χ1) is 8.34. The molecule has 0 spiro atoms. The molecule has 1 aromatic rings. The van der Waals surface area contributed by atoms with Gasteiger partial charge in [0.05, 0.1) is 4.92 Å². The topological polar surface area (TPSA) is 110 Å². The zero-order valence-corrected chi connectivity index (χ0v) is 10.3. The highest BCUT2D eigenvalue weighted by molar-refractivity contribution is 5.76. The van der Waals surface area contributed by atoms with Gasteiger partial charge in [0.2, 0.25) is 5.91 Å². The Labute approximate surface area is 104 Å². The number of amides is 1. The number of carbonyl (C=O) groups is 1. The molecule has 0 atom stereocenters. The quantitative estimate of drug-likeness (QED) is 0.552. The average molecular weight is 256 g/mol. The Hall–Kier alpha value is -1.96. The summed E-state index contributed by atoms with van der Waals surface area (Å²) in [6, 6.07) is 0. The zero-order chi connectivity index (χ0) is 13.8. The Morgan fingerprint density at radius 2 is 2.33 bits per heavy atom. The lowest BCUT2D eigenvalue weighted by Crippen LogP contribution is -2.45. The van der Waals surface area contributed by atoms with Crippen LogP contribution in [-0.4, -0.2) is 37.9 Å². The van der Waals surface area contributed by atoms with E-state index in [-0.39, 0.29) is 24.7 Å². The third-order valence-corrected chi connectivity index (χ3v) is 2.35. The number of rotatable bonds is 6. The SMILES string of the molecule is CC(C)(CCO)NC(=O)Cn1cc([N+](=O)[O-])cn1. The van der Waals surface area contributed by atoms with Crippen molar-refractivity contribution >= 4 is 11.6 Å². The number of carbonyl (C=O) groups excluding carboxylic acids is 1. The highest BCUT2D eigenvalue weighted by Gasteiger charge is 2.20. The molecule has 0 saturated carbocycles. The molecule has 0 aromatic carbocycles. The second-order valence-electron chi connectivity index (χ2n) is 4.56. The summed E-state index contributed by atoms with van der Waals surface area (Å²) in [5.74, 6) is -0.313. The molecule has 1 heterocycles. The first-order valence-corrected chi connectivity index (χ1v) is 5.43. The Morgan fingerprint density at radius 1 is 1.67 bits per heavy atom. The van der Waals surface area contributed by atoms with Gasteiger partial charge in [-0.2, -0.15) is 5.10 Å². The molecule has 1 amide bonds. The van der Waals surface area contributed by atoms with Gasteiger partial charge >= 0.3 is 5.69 Å². The average Bonchev–Trinajstić information content (AvgIpc) is 2.64. The molecule has 100 valence electrons. The minimum atomic E-state index is -0.572. The molecule has 0 aliphatic heterocycles. The standard InChI is InChI=1S/C10H16N4O4/c1-10(2,3-4-15)12-9(16)7-13-6-8(5-11-13)14(17)18/h5-6,15H,3-4,7H2,1-2H3,(H,12,16). The molecule has 0 bridgehead atoms. The number of nitro groups is 1. The maximum atomic E-state index is 11.7. The number of aliphatic hydroxyl groups is 1. The molecule has 0 fully saturated rings. The van der Waals surface area contributed by atoms with Crippen LogP contribution < -0.4 is 5.32 Å². The van der Waals surface area contributed by atoms with Gasteiger partial charge in [-0.3, -0.25) is 19.6 Å². The Kier molecular flexibility index (Phi) is 4.38. The first-order valence-electron chi connectivity index (χ1n) is 5.43. The van der Waals surface area contributed by atoms with E-state index in [4.69, 9.17) is 5.11 Å². The van der Waals surface area contributed by atoms with Gasteiger partial charge in [-0.1, -0.05) is 0 Å². The van der Waals surface area contributed by atoms with E-state index in [0.29, 0.717) is 6.42 Å². The molecule has 1 rings (SSSR count). The largest absolute Gasteiger partial charge is 0.396 e. The van der Waals surface area contributed by atoms with Crippen LogP contribution in [0.3, 0.4) is 0 Å². The van der Waals surface area contributed by atoms with E-state index in [1.165, 1.54) is 10.9 Å². The lowest BCUT2D eigenvalue weighted by atomic mass is 10.0. The Balaban J connectivity index is 2.56. The monoisotopic (exact) mass is 256 g/mol. The van der Waals surface area contributed by atoms with E-state index in [1.807, 2.05) is 0 Å². The number of nitrogens with zero attached hydrogens (tertiary/aromatic N) is 3. The third-order valence-electron chi connectivity index (χ3n) is 2.35. The Morgan fingerprint density at radius 3 is 2.83 bits per heavy atom. The second kappa shape index (κ2) is 5.58. The normalized spacial score (nSPS) is 11.3. The van der Waals surface area contributed by atoms with Crippen LogP contribution in [0.15, 0.2) is 12.4 Å². The fourth-order valence-electron chi connectivity index (χ4n) is 1.44. The van der Waals surface area contributed by atoms with Gasteiger partial charge in [0.15, 0.2) is 0 Å². The molecule has 0 aliphatic carbocycles. The van der Waals surface area contributed by atoms with E-state index >= 15 is 0 Å². The smallest absolute Gasteiger partial charge is 0.307 e. The summed E-state index contributed by atoms with van der Waals surface area (Å²) in [7, 11) is 0. The van der Waals surface area contributed by atoms with Crippen LogP contribution in [0.25, 0.3) is 0 Å². The van der Waals surface area contributed by atoms with Gasteiger partial charge in [0.1, 0.15) is 18.9 Å². The highest BCUT2D eigenvalue weighted by atomic mass is 16.6.